The van der Waals surface area contributed by atoms with Crippen molar-refractivity contribution in [3.05, 3.63) is 0 Å². The Morgan fingerprint density at radius 3 is 1.37 bits per heavy atom. The molecule has 0 saturated carbocycles. The van der Waals surface area contributed by atoms with Crippen molar-refractivity contribution in [3.63, 3.8) is 0 Å². The van der Waals surface area contributed by atoms with Gasteiger partial charge in [0.1, 0.15) is 0 Å². The third kappa shape index (κ3) is 9.52. The van der Waals surface area contributed by atoms with Gasteiger partial charge in [0.2, 0.25) is 0 Å². The Labute approximate surface area is 123 Å². The summed E-state index contributed by atoms with van der Waals surface area (Å²) in [6.07, 6.45) is 12.8. The fourth-order valence-electron chi connectivity index (χ4n) is 2.89. The van der Waals surface area contributed by atoms with Crippen molar-refractivity contribution >= 4 is 0 Å². The second kappa shape index (κ2) is 11.8. The van der Waals surface area contributed by atoms with E-state index in [4.69, 9.17) is 0 Å². The lowest BCUT2D eigenvalue weighted by Crippen LogP contribution is -2.08. The smallest absolute Gasteiger partial charge is 0.0417 e. The molecule has 0 aromatic carbocycles. The third-order valence-corrected chi connectivity index (χ3v) is 5.42. The highest BCUT2D eigenvalue weighted by molar-refractivity contribution is 4.64. The number of unbranched alkanes of at least 4 members (excludes halogenated alkanes) is 3. The molecule has 0 heteroatoms. The summed E-state index contributed by atoms with van der Waals surface area (Å²) in [7, 11) is 0. The first-order valence-electron chi connectivity index (χ1n) is 9.02. The van der Waals surface area contributed by atoms with E-state index >= 15 is 0 Å². The van der Waals surface area contributed by atoms with Gasteiger partial charge in [0.25, 0.3) is 0 Å². The molecule has 0 amide bonds. The van der Waals surface area contributed by atoms with Crippen molar-refractivity contribution < 1.29 is 0 Å². The van der Waals surface area contributed by atoms with Gasteiger partial charge >= 0.3 is 0 Å². The fraction of sp³-hybridized carbons (Fsp3) is 1.00. The molecule has 0 radical (unpaired) electrons. The molecule has 0 aliphatic heterocycles. The molecular formula is C19H40. The monoisotopic (exact) mass is 268 g/mol. The number of rotatable bonds is 12. The van der Waals surface area contributed by atoms with Crippen molar-refractivity contribution in [2.75, 3.05) is 0 Å². The standard InChI is InChI=1S/C19H40/c1-7-9-13-18(5)19(6)15-12-10-11-14-17(4)16(3)8-2/h16-19H,7-15H2,1-6H3. The van der Waals surface area contributed by atoms with Crippen LogP contribution in [0.4, 0.5) is 0 Å². The zero-order chi connectivity index (χ0) is 14.7. The maximum Gasteiger partial charge on any atom is -0.0417 e. The maximum atomic E-state index is 2.46. The van der Waals surface area contributed by atoms with Crippen LogP contribution in [0.1, 0.15) is 99.3 Å². The zero-order valence-corrected chi connectivity index (χ0v) is 14.7. The molecule has 0 aliphatic rings. The summed E-state index contributed by atoms with van der Waals surface area (Å²) in [4.78, 5) is 0. The van der Waals surface area contributed by atoms with Crippen molar-refractivity contribution in [1.82, 2.24) is 0 Å². The average molecular weight is 269 g/mol. The van der Waals surface area contributed by atoms with Gasteiger partial charge in [-0.05, 0) is 23.7 Å². The second-order valence-corrected chi connectivity index (χ2v) is 7.10. The molecule has 0 fully saturated rings. The highest BCUT2D eigenvalue weighted by Crippen LogP contribution is 2.25. The van der Waals surface area contributed by atoms with Crippen LogP contribution in [0.2, 0.25) is 0 Å². The van der Waals surface area contributed by atoms with Crippen molar-refractivity contribution in [2.45, 2.75) is 99.3 Å². The number of hydrogen-bond donors (Lipinski definition) is 0. The normalized spacial score (nSPS) is 18.0. The van der Waals surface area contributed by atoms with Gasteiger partial charge in [0.05, 0.1) is 0 Å². The van der Waals surface area contributed by atoms with Crippen LogP contribution >= 0.6 is 0 Å². The van der Waals surface area contributed by atoms with Crippen LogP contribution in [0.5, 0.6) is 0 Å². The Morgan fingerprint density at radius 1 is 0.526 bits per heavy atom. The van der Waals surface area contributed by atoms with Crippen LogP contribution in [0, 0.1) is 23.7 Å². The summed E-state index contributed by atoms with van der Waals surface area (Å²) in [5, 5.41) is 0. The summed E-state index contributed by atoms with van der Waals surface area (Å²) in [5.41, 5.74) is 0. The van der Waals surface area contributed by atoms with E-state index in [0.717, 1.165) is 23.7 Å². The largest absolute Gasteiger partial charge is 0.0654 e. The quantitative estimate of drug-likeness (QED) is 0.332. The third-order valence-electron chi connectivity index (χ3n) is 5.42. The summed E-state index contributed by atoms with van der Waals surface area (Å²) >= 11 is 0. The molecule has 0 nitrogen and oxygen atoms in total. The van der Waals surface area contributed by atoms with Crippen LogP contribution in [0.15, 0.2) is 0 Å². The van der Waals surface area contributed by atoms with E-state index in [1.807, 2.05) is 0 Å². The van der Waals surface area contributed by atoms with Gasteiger partial charge in [-0.15, -0.1) is 0 Å². The van der Waals surface area contributed by atoms with E-state index in [9.17, 15) is 0 Å². The Hall–Kier alpha value is 0. The van der Waals surface area contributed by atoms with Crippen LogP contribution in [-0.4, -0.2) is 0 Å². The van der Waals surface area contributed by atoms with E-state index in [0.29, 0.717) is 0 Å². The minimum atomic E-state index is 0.910. The molecule has 4 unspecified atom stereocenters. The van der Waals surface area contributed by atoms with Gasteiger partial charge in [-0.2, -0.15) is 0 Å². The van der Waals surface area contributed by atoms with Gasteiger partial charge in [0.15, 0.2) is 0 Å². The molecule has 0 aromatic heterocycles. The van der Waals surface area contributed by atoms with Crippen molar-refractivity contribution in [2.24, 2.45) is 23.7 Å². The van der Waals surface area contributed by atoms with E-state index < -0.39 is 0 Å². The molecule has 0 rings (SSSR count). The summed E-state index contributed by atoms with van der Waals surface area (Å²) in [5.74, 6) is 3.69. The molecule has 116 valence electrons. The first kappa shape index (κ1) is 19.0. The van der Waals surface area contributed by atoms with Gasteiger partial charge in [0, 0.05) is 0 Å². The topological polar surface area (TPSA) is 0 Å². The van der Waals surface area contributed by atoms with Gasteiger partial charge < -0.3 is 0 Å². The molecule has 0 N–H and O–H groups in total. The fourth-order valence-corrected chi connectivity index (χ4v) is 2.89. The molecule has 0 heterocycles. The highest BCUT2D eigenvalue weighted by Gasteiger charge is 2.12. The average Bonchev–Trinajstić information content (AvgIpc) is 2.42. The molecule has 0 aromatic rings. The maximum absolute atomic E-state index is 2.46. The molecular weight excluding hydrogens is 228 g/mol. The lowest BCUT2D eigenvalue weighted by Gasteiger charge is -2.20. The van der Waals surface area contributed by atoms with Gasteiger partial charge in [-0.25, -0.2) is 0 Å². The highest BCUT2D eigenvalue weighted by atomic mass is 14.2. The lowest BCUT2D eigenvalue weighted by molar-refractivity contribution is 0.314. The predicted octanol–water partition coefficient (Wildman–Crippen LogP) is 7.08. The molecule has 19 heavy (non-hydrogen) atoms. The Kier molecular flexibility index (Phi) is 11.8. The SMILES string of the molecule is CCCCC(C)C(C)CCCCCC(C)C(C)CC. The van der Waals surface area contributed by atoms with Gasteiger partial charge in [-0.3, -0.25) is 0 Å². The van der Waals surface area contributed by atoms with Crippen molar-refractivity contribution in [3.8, 4) is 0 Å². The van der Waals surface area contributed by atoms with E-state index in [1.54, 1.807) is 0 Å². The minimum Gasteiger partial charge on any atom is -0.0654 e. The van der Waals surface area contributed by atoms with Crippen LogP contribution in [-0.2, 0) is 0 Å². The molecule has 4 atom stereocenters. The first-order chi connectivity index (χ1) is 9.02. The van der Waals surface area contributed by atoms with E-state index in [2.05, 4.69) is 41.5 Å². The molecule has 0 spiro atoms. The minimum absolute atomic E-state index is 0.910. The van der Waals surface area contributed by atoms with E-state index in [1.165, 1.54) is 57.8 Å². The molecule has 0 bridgehead atoms. The van der Waals surface area contributed by atoms with E-state index in [-0.39, 0.29) is 0 Å². The Bertz CT molecular complexity index is 184. The first-order valence-corrected chi connectivity index (χ1v) is 9.02. The Morgan fingerprint density at radius 2 is 0.947 bits per heavy atom. The van der Waals surface area contributed by atoms with Gasteiger partial charge in [-0.1, -0.05) is 99.3 Å². The van der Waals surface area contributed by atoms with Crippen molar-refractivity contribution in [1.29, 1.82) is 0 Å². The van der Waals surface area contributed by atoms with Crippen LogP contribution in [0.3, 0.4) is 0 Å². The summed E-state index contributed by atoms with van der Waals surface area (Å²) < 4.78 is 0. The van der Waals surface area contributed by atoms with Crippen LogP contribution < -0.4 is 0 Å². The molecule has 0 aliphatic carbocycles. The number of hydrogen-bond acceptors (Lipinski definition) is 0. The van der Waals surface area contributed by atoms with Crippen LogP contribution in [0.25, 0.3) is 0 Å². The zero-order valence-electron chi connectivity index (χ0n) is 14.7. The summed E-state index contributed by atoms with van der Waals surface area (Å²) in [6, 6.07) is 0. The predicted molar refractivity (Wildman–Crippen MR) is 89.6 cm³/mol. The lowest BCUT2D eigenvalue weighted by atomic mass is 9.86. The second-order valence-electron chi connectivity index (χ2n) is 7.10. The Balaban J connectivity index is 3.52. The summed E-state index contributed by atoms with van der Waals surface area (Å²) in [6.45, 7) is 14.4. The molecule has 0 saturated heterocycles.